The molecule has 2 aliphatic rings. The summed E-state index contributed by atoms with van der Waals surface area (Å²) in [4.78, 5) is 25.1. The van der Waals surface area contributed by atoms with Crippen molar-refractivity contribution in [3.63, 3.8) is 0 Å². The Kier molecular flexibility index (Phi) is 4.88. The van der Waals surface area contributed by atoms with E-state index in [-0.39, 0.29) is 19.5 Å². The Hall–Kier alpha value is -3.70. The molecule has 0 aromatic carbocycles. The van der Waals surface area contributed by atoms with Crippen LogP contribution < -0.4 is 0 Å². The van der Waals surface area contributed by atoms with E-state index in [0.717, 1.165) is 50.4 Å². The minimum absolute atomic E-state index is 0. The number of hydrogen-bond donors (Lipinski definition) is 2. The summed E-state index contributed by atoms with van der Waals surface area (Å²) in [6, 6.07) is 16.1. The maximum Gasteiger partial charge on any atom is 0.161 e. The van der Waals surface area contributed by atoms with E-state index < -0.39 is 0 Å². The van der Waals surface area contributed by atoms with Crippen LogP contribution >= 0.6 is 0 Å². The van der Waals surface area contributed by atoms with Crippen molar-refractivity contribution in [2.45, 2.75) is 0 Å². The van der Waals surface area contributed by atoms with Gasteiger partial charge in [-0.3, -0.25) is 0 Å². The molecule has 8 bridgehead atoms. The van der Waals surface area contributed by atoms with Crippen LogP contribution in [0.15, 0.2) is 60.9 Å². The fourth-order valence-electron chi connectivity index (χ4n) is 3.64. The first kappa shape index (κ1) is 19.3. The van der Waals surface area contributed by atoms with Crippen LogP contribution in [-0.2, 0) is 19.5 Å². The molecule has 0 aliphatic carbocycles. The average Bonchev–Trinajstić information content (AvgIpc) is 3.53. The monoisotopic (exact) mass is 452 g/mol. The Labute approximate surface area is 190 Å². The number of H-pyrrole nitrogens is 2. The van der Waals surface area contributed by atoms with E-state index in [1.807, 2.05) is 60.7 Å². The van der Waals surface area contributed by atoms with Crippen molar-refractivity contribution in [2.24, 2.45) is 0 Å². The van der Waals surface area contributed by atoms with Crippen molar-refractivity contribution in [1.82, 2.24) is 29.9 Å². The fourth-order valence-corrected chi connectivity index (χ4v) is 3.64. The maximum atomic E-state index is 4.71. The van der Waals surface area contributed by atoms with Crippen molar-refractivity contribution in [1.29, 1.82) is 0 Å². The molecule has 0 fully saturated rings. The van der Waals surface area contributed by atoms with Crippen molar-refractivity contribution >= 4 is 46.4 Å². The summed E-state index contributed by atoms with van der Waals surface area (Å²) in [5.74, 6) is 0.671. The zero-order valence-corrected chi connectivity index (χ0v) is 19.5. The van der Waals surface area contributed by atoms with Gasteiger partial charge in [0.05, 0.1) is 28.3 Å². The molecule has 0 amide bonds. The van der Waals surface area contributed by atoms with Crippen LogP contribution in [0.5, 0.6) is 0 Å². The second kappa shape index (κ2) is 7.85. The molecular weight excluding hydrogens is 438 g/mol. The van der Waals surface area contributed by atoms with Gasteiger partial charge < -0.3 is 9.97 Å². The zero-order chi connectivity index (χ0) is 19.9. The number of nitrogens with zero attached hydrogens (tertiary/aromatic N) is 4. The smallest absolute Gasteiger partial charge is 0.161 e. The standard InChI is InChI=1S/C24H16N6.Zn/c1-8-25-24(26-9-1)22-13-21-12-19-5-4-17(28-19)10-15-2-3-16(27-15)11-18-6-7-20(29-18)14-23(22)30-21;/h1-14,28,30H;. The predicted molar refractivity (Wildman–Crippen MR) is 120 cm³/mol. The third kappa shape index (κ3) is 3.88. The van der Waals surface area contributed by atoms with E-state index in [4.69, 9.17) is 4.98 Å². The molecule has 2 N–H and O–H groups in total. The van der Waals surface area contributed by atoms with Gasteiger partial charge in [-0.15, -0.1) is 0 Å². The van der Waals surface area contributed by atoms with Gasteiger partial charge in [-0.1, -0.05) is 0 Å². The van der Waals surface area contributed by atoms with Crippen molar-refractivity contribution in [2.75, 3.05) is 0 Å². The van der Waals surface area contributed by atoms with Gasteiger partial charge in [0.2, 0.25) is 0 Å². The van der Waals surface area contributed by atoms with E-state index in [2.05, 4.69) is 37.1 Å². The summed E-state index contributed by atoms with van der Waals surface area (Å²) in [5, 5.41) is 0. The summed E-state index contributed by atoms with van der Waals surface area (Å²) in [6.45, 7) is 0. The maximum absolute atomic E-state index is 4.71. The average molecular weight is 454 g/mol. The molecule has 6 nitrogen and oxygen atoms in total. The van der Waals surface area contributed by atoms with E-state index in [9.17, 15) is 0 Å². The van der Waals surface area contributed by atoms with Crippen LogP contribution in [0.25, 0.3) is 57.8 Å². The third-order valence-corrected chi connectivity index (χ3v) is 4.98. The van der Waals surface area contributed by atoms with Crippen LogP contribution in [0.2, 0.25) is 0 Å². The SMILES string of the molecule is C1=Cc2cc3ccc(cc4cc(-c5ncccn5)c(cc5nc(cc1n2)C=C5)[nH]4)[nH]3.[Zn]. The Bertz CT molecular complexity index is 1500. The predicted octanol–water partition coefficient (Wildman–Crippen LogP) is 5.11. The Morgan fingerprint density at radius 2 is 1.19 bits per heavy atom. The molecular formula is C24H16N6Zn. The molecule has 0 spiro atoms. The summed E-state index contributed by atoms with van der Waals surface area (Å²) in [5.41, 5.74) is 8.32. The second-order valence-electron chi connectivity index (χ2n) is 7.16. The van der Waals surface area contributed by atoms with E-state index in [1.54, 1.807) is 12.4 Å². The van der Waals surface area contributed by atoms with E-state index in [1.165, 1.54) is 0 Å². The number of hydrogen-bond acceptors (Lipinski definition) is 4. The summed E-state index contributed by atoms with van der Waals surface area (Å²) >= 11 is 0. The molecule has 31 heavy (non-hydrogen) atoms. The third-order valence-electron chi connectivity index (χ3n) is 4.98. The van der Waals surface area contributed by atoms with E-state index in [0.29, 0.717) is 5.82 Å². The van der Waals surface area contributed by atoms with Gasteiger partial charge in [-0.25, -0.2) is 19.9 Å². The van der Waals surface area contributed by atoms with Crippen molar-refractivity contribution < 1.29 is 19.5 Å². The molecule has 0 radical (unpaired) electrons. The summed E-state index contributed by atoms with van der Waals surface area (Å²) in [7, 11) is 0. The molecule has 0 saturated heterocycles. The van der Waals surface area contributed by atoms with Gasteiger partial charge in [0, 0.05) is 54.0 Å². The Balaban J connectivity index is 0.00000204. The van der Waals surface area contributed by atoms with Gasteiger partial charge in [-0.05, 0) is 72.8 Å². The summed E-state index contributed by atoms with van der Waals surface area (Å²) < 4.78 is 0. The molecule has 2 aliphatic heterocycles. The molecule has 0 unspecified atom stereocenters. The van der Waals surface area contributed by atoms with Gasteiger partial charge in [-0.2, -0.15) is 0 Å². The first-order chi connectivity index (χ1) is 14.8. The van der Waals surface area contributed by atoms with Crippen molar-refractivity contribution in [3.05, 3.63) is 83.7 Å². The number of aromatic nitrogens is 6. The Morgan fingerprint density at radius 3 is 1.90 bits per heavy atom. The van der Waals surface area contributed by atoms with Crippen LogP contribution in [-0.4, -0.2) is 29.9 Å². The minimum atomic E-state index is 0. The molecule has 6 rings (SSSR count). The molecule has 144 valence electrons. The Morgan fingerprint density at radius 1 is 0.581 bits per heavy atom. The molecule has 4 aromatic heterocycles. The van der Waals surface area contributed by atoms with Crippen molar-refractivity contribution in [3.8, 4) is 11.4 Å². The second-order valence-corrected chi connectivity index (χ2v) is 7.16. The number of aromatic amines is 2. The van der Waals surface area contributed by atoms with E-state index >= 15 is 0 Å². The molecule has 4 aromatic rings. The first-order valence-corrected chi connectivity index (χ1v) is 9.64. The fraction of sp³-hybridized carbons (Fsp3) is 0. The molecule has 0 saturated carbocycles. The van der Waals surface area contributed by atoms with Crippen LogP contribution in [0.4, 0.5) is 0 Å². The first-order valence-electron chi connectivity index (χ1n) is 9.64. The largest absolute Gasteiger partial charge is 0.355 e. The molecule has 0 atom stereocenters. The van der Waals surface area contributed by atoms with Gasteiger partial charge >= 0.3 is 0 Å². The molecule has 7 heteroatoms. The minimum Gasteiger partial charge on any atom is -0.355 e. The van der Waals surface area contributed by atoms with Crippen LogP contribution in [0.3, 0.4) is 0 Å². The summed E-state index contributed by atoms with van der Waals surface area (Å²) in [6.07, 6.45) is 11.5. The normalized spacial score (nSPS) is 12.0. The van der Waals surface area contributed by atoms with Gasteiger partial charge in [0.15, 0.2) is 5.82 Å². The number of rotatable bonds is 1. The van der Waals surface area contributed by atoms with Gasteiger partial charge in [0.1, 0.15) is 0 Å². The topological polar surface area (TPSA) is 83.1 Å². The quantitative estimate of drug-likeness (QED) is 0.339. The number of fused-ring (bicyclic) bond motifs is 8. The molecule has 6 heterocycles. The van der Waals surface area contributed by atoms with Gasteiger partial charge in [0.25, 0.3) is 0 Å². The number of nitrogens with one attached hydrogen (secondary N) is 2. The zero-order valence-electron chi connectivity index (χ0n) is 16.6. The van der Waals surface area contributed by atoms with Crippen LogP contribution in [0.1, 0.15) is 22.8 Å². The van der Waals surface area contributed by atoms with Crippen LogP contribution in [0, 0.1) is 0 Å².